The lowest BCUT2D eigenvalue weighted by molar-refractivity contribution is 0.233. The fourth-order valence-electron chi connectivity index (χ4n) is 2.23. The summed E-state index contributed by atoms with van der Waals surface area (Å²) in [5, 5.41) is 4.27. The molecule has 0 aromatic heterocycles. The lowest BCUT2D eigenvalue weighted by atomic mass is 10.2. The average molecular weight is 327 g/mol. The molecule has 0 bridgehead atoms. The van der Waals surface area contributed by atoms with Gasteiger partial charge in [-0.25, -0.2) is 0 Å². The van der Waals surface area contributed by atoms with Crippen LogP contribution in [-0.2, 0) is 6.54 Å². The zero-order chi connectivity index (χ0) is 12.4. The first kappa shape index (κ1) is 13.0. The summed E-state index contributed by atoms with van der Waals surface area (Å²) in [4.78, 5) is 3.92. The summed E-state index contributed by atoms with van der Waals surface area (Å²) in [7, 11) is 0. The second kappa shape index (κ2) is 5.95. The Bertz CT molecular complexity index is 414. The van der Waals surface area contributed by atoms with Crippen LogP contribution in [0.2, 0.25) is 0 Å². The highest BCUT2D eigenvalue weighted by molar-refractivity contribution is 9.10. The van der Waals surface area contributed by atoms with Gasteiger partial charge in [0, 0.05) is 47.3 Å². The molecule has 0 spiro atoms. The van der Waals surface area contributed by atoms with Crippen molar-refractivity contribution in [3.05, 3.63) is 28.2 Å². The zero-order valence-corrected chi connectivity index (χ0v) is 12.9. The SMILES string of the molecule is Brc1cc(CN2CCNCC2)ccc1SC1CC1. The van der Waals surface area contributed by atoms with Gasteiger partial charge in [-0.15, -0.1) is 11.8 Å². The van der Waals surface area contributed by atoms with Gasteiger partial charge in [-0.1, -0.05) is 6.07 Å². The number of benzene rings is 1. The Morgan fingerprint density at radius 1 is 1.28 bits per heavy atom. The van der Waals surface area contributed by atoms with E-state index in [-0.39, 0.29) is 0 Å². The van der Waals surface area contributed by atoms with Crippen LogP contribution in [-0.4, -0.2) is 36.3 Å². The molecule has 1 aromatic rings. The molecule has 4 heteroatoms. The normalized spacial score (nSPS) is 21.2. The van der Waals surface area contributed by atoms with Crippen molar-refractivity contribution in [1.29, 1.82) is 0 Å². The van der Waals surface area contributed by atoms with Gasteiger partial charge in [-0.3, -0.25) is 4.90 Å². The van der Waals surface area contributed by atoms with Crippen molar-refractivity contribution in [2.45, 2.75) is 29.5 Å². The number of nitrogens with zero attached hydrogens (tertiary/aromatic N) is 1. The highest BCUT2D eigenvalue weighted by Crippen LogP contribution is 2.42. The number of thioether (sulfide) groups is 1. The highest BCUT2D eigenvalue weighted by Gasteiger charge is 2.23. The molecule has 3 rings (SSSR count). The molecule has 98 valence electrons. The Kier molecular flexibility index (Phi) is 4.29. The molecule has 0 atom stereocenters. The van der Waals surface area contributed by atoms with E-state index in [9.17, 15) is 0 Å². The van der Waals surface area contributed by atoms with E-state index in [1.807, 2.05) is 11.8 Å². The van der Waals surface area contributed by atoms with E-state index in [4.69, 9.17) is 0 Å². The van der Waals surface area contributed by atoms with Gasteiger partial charge in [0.05, 0.1) is 0 Å². The van der Waals surface area contributed by atoms with Crippen LogP contribution in [0, 0.1) is 0 Å². The van der Waals surface area contributed by atoms with Gasteiger partial charge in [-0.05, 0) is 46.5 Å². The summed E-state index contributed by atoms with van der Waals surface area (Å²) in [6.07, 6.45) is 2.78. The third kappa shape index (κ3) is 3.50. The largest absolute Gasteiger partial charge is 0.314 e. The van der Waals surface area contributed by atoms with Crippen LogP contribution >= 0.6 is 27.7 Å². The van der Waals surface area contributed by atoms with Crippen molar-refractivity contribution < 1.29 is 0 Å². The Hall–Kier alpha value is -0.0300. The predicted molar refractivity (Wildman–Crippen MR) is 81.2 cm³/mol. The first-order chi connectivity index (χ1) is 8.81. The maximum Gasteiger partial charge on any atom is 0.0314 e. The maximum atomic E-state index is 3.72. The van der Waals surface area contributed by atoms with E-state index >= 15 is 0 Å². The third-order valence-corrected chi connectivity index (χ3v) is 5.76. The Morgan fingerprint density at radius 3 is 2.72 bits per heavy atom. The lowest BCUT2D eigenvalue weighted by Gasteiger charge is -2.27. The van der Waals surface area contributed by atoms with Crippen LogP contribution in [0.5, 0.6) is 0 Å². The number of piperazine rings is 1. The zero-order valence-electron chi connectivity index (χ0n) is 10.5. The molecule has 1 heterocycles. The number of nitrogens with one attached hydrogen (secondary N) is 1. The Labute approximate surface area is 122 Å². The number of halogens is 1. The minimum atomic E-state index is 0.875. The summed E-state index contributed by atoms with van der Waals surface area (Å²) in [5.41, 5.74) is 1.42. The van der Waals surface area contributed by atoms with Crippen LogP contribution in [0.3, 0.4) is 0 Å². The molecule has 1 aromatic carbocycles. The van der Waals surface area contributed by atoms with Crippen LogP contribution in [0.4, 0.5) is 0 Å². The van der Waals surface area contributed by atoms with E-state index in [0.29, 0.717) is 0 Å². The molecule has 1 N–H and O–H groups in total. The summed E-state index contributed by atoms with van der Waals surface area (Å²) >= 11 is 5.74. The summed E-state index contributed by atoms with van der Waals surface area (Å²) in [6, 6.07) is 6.87. The van der Waals surface area contributed by atoms with Crippen LogP contribution < -0.4 is 5.32 Å². The second-order valence-corrected chi connectivity index (χ2v) is 7.30. The summed E-state index contributed by atoms with van der Waals surface area (Å²) in [5.74, 6) is 0. The van der Waals surface area contributed by atoms with Crippen LogP contribution in [0.25, 0.3) is 0 Å². The van der Waals surface area contributed by atoms with Crippen molar-refractivity contribution in [2.75, 3.05) is 26.2 Å². The van der Waals surface area contributed by atoms with Gasteiger partial charge in [0.15, 0.2) is 0 Å². The van der Waals surface area contributed by atoms with Gasteiger partial charge >= 0.3 is 0 Å². The first-order valence-corrected chi connectivity index (χ1v) is 8.37. The molecule has 2 nitrogen and oxygen atoms in total. The van der Waals surface area contributed by atoms with Gasteiger partial charge in [-0.2, -0.15) is 0 Å². The van der Waals surface area contributed by atoms with Crippen molar-refractivity contribution in [2.24, 2.45) is 0 Å². The number of hydrogen-bond donors (Lipinski definition) is 1. The number of hydrogen-bond acceptors (Lipinski definition) is 3. The predicted octanol–water partition coefficient (Wildman–Crippen LogP) is 3.11. The molecule has 2 fully saturated rings. The van der Waals surface area contributed by atoms with Crippen LogP contribution in [0.1, 0.15) is 18.4 Å². The Morgan fingerprint density at radius 2 is 2.06 bits per heavy atom. The Balaban J connectivity index is 1.63. The van der Waals surface area contributed by atoms with Crippen molar-refractivity contribution in [1.82, 2.24) is 10.2 Å². The minimum Gasteiger partial charge on any atom is -0.314 e. The topological polar surface area (TPSA) is 15.3 Å². The molecule has 1 aliphatic carbocycles. The molecule has 2 aliphatic rings. The lowest BCUT2D eigenvalue weighted by Crippen LogP contribution is -2.42. The van der Waals surface area contributed by atoms with Crippen molar-refractivity contribution in [3.63, 3.8) is 0 Å². The molecule has 0 unspecified atom stereocenters. The van der Waals surface area contributed by atoms with E-state index in [1.54, 1.807) is 0 Å². The van der Waals surface area contributed by atoms with Crippen molar-refractivity contribution >= 4 is 27.7 Å². The van der Waals surface area contributed by atoms with Gasteiger partial charge in [0.1, 0.15) is 0 Å². The molecule has 1 aliphatic heterocycles. The van der Waals surface area contributed by atoms with Crippen LogP contribution in [0.15, 0.2) is 27.6 Å². The van der Waals surface area contributed by atoms with E-state index < -0.39 is 0 Å². The van der Waals surface area contributed by atoms with Gasteiger partial charge in [0.2, 0.25) is 0 Å². The molecule has 18 heavy (non-hydrogen) atoms. The third-order valence-electron chi connectivity index (χ3n) is 3.43. The summed E-state index contributed by atoms with van der Waals surface area (Å²) in [6.45, 7) is 5.65. The quantitative estimate of drug-likeness (QED) is 0.915. The molecule has 1 saturated carbocycles. The fourth-order valence-corrected chi connectivity index (χ4v) is 3.99. The smallest absolute Gasteiger partial charge is 0.0314 e. The van der Waals surface area contributed by atoms with Gasteiger partial charge < -0.3 is 5.32 Å². The number of rotatable bonds is 4. The van der Waals surface area contributed by atoms with Gasteiger partial charge in [0.25, 0.3) is 0 Å². The first-order valence-electron chi connectivity index (χ1n) is 6.69. The maximum absolute atomic E-state index is 3.72. The van der Waals surface area contributed by atoms with Crippen molar-refractivity contribution in [3.8, 4) is 0 Å². The molecule has 0 amide bonds. The minimum absolute atomic E-state index is 0.875. The van der Waals surface area contributed by atoms with E-state index in [0.717, 1.165) is 38.0 Å². The molecule has 1 saturated heterocycles. The molecule has 0 radical (unpaired) electrons. The average Bonchev–Trinajstić information content (AvgIpc) is 3.18. The monoisotopic (exact) mass is 326 g/mol. The standard InChI is InChI=1S/C14H19BrN2S/c15-13-9-11(10-17-7-5-16-6-8-17)1-4-14(13)18-12-2-3-12/h1,4,9,12,16H,2-3,5-8,10H2. The van der Waals surface area contributed by atoms with E-state index in [1.165, 1.54) is 27.8 Å². The highest BCUT2D eigenvalue weighted by atomic mass is 79.9. The van der Waals surface area contributed by atoms with E-state index in [2.05, 4.69) is 44.3 Å². The molecular formula is C14H19BrN2S. The fraction of sp³-hybridized carbons (Fsp3) is 0.571. The molecular weight excluding hydrogens is 308 g/mol. The summed E-state index contributed by atoms with van der Waals surface area (Å²) < 4.78 is 1.27. The second-order valence-electron chi connectivity index (χ2n) is 5.11.